The molecule has 0 saturated carbocycles. The number of rotatable bonds is 82. The Morgan fingerprint density at radius 3 is 0.773 bits per heavy atom. The Morgan fingerprint density at radius 1 is 0.236 bits per heavy atom. The van der Waals surface area contributed by atoms with Crippen molar-refractivity contribution in [1.82, 2.24) is 0 Å². The molecule has 8 heteroatoms. The molecule has 0 fully saturated rings. The van der Waals surface area contributed by atoms with E-state index in [2.05, 4.69) is 116 Å². The molecule has 0 aliphatic rings. The average Bonchev–Trinajstić information content (AvgIpc) is 0.780. The number of hydrogen-bond acceptors (Lipinski definition) is 6. The smallest absolute Gasteiger partial charge is 0.328 e. The average molecular weight is 1580 g/mol. The lowest BCUT2D eigenvalue weighted by molar-refractivity contribution is 0.0707. The summed E-state index contributed by atoms with van der Waals surface area (Å²) in [5.74, 6) is 2.96. The summed E-state index contributed by atoms with van der Waals surface area (Å²) >= 11 is 0. The van der Waals surface area contributed by atoms with Gasteiger partial charge in [-0.2, -0.15) is 0 Å². The topological polar surface area (TPSA) is 77.4 Å². The van der Waals surface area contributed by atoms with Crippen molar-refractivity contribution >= 4 is 17.2 Å². The molecule has 0 saturated heterocycles. The zero-order valence-electron chi connectivity index (χ0n) is 76.7. The fraction of sp³-hybridized carbons (Fsp3) is 0.882. The molecule has 2 rings (SSSR count). The van der Waals surface area contributed by atoms with Gasteiger partial charge in [0, 0.05) is 0 Å². The van der Waals surface area contributed by atoms with Crippen LogP contribution in [0.15, 0.2) is 12.1 Å². The molecule has 0 bridgehead atoms. The zero-order valence-corrected chi connectivity index (χ0v) is 78.5. The monoisotopic (exact) mass is 1580 g/mol. The largest absolute Gasteiger partial charge is 0.329 e. The second-order valence-corrected chi connectivity index (χ2v) is 37.4. The maximum Gasteiger partial charge on any atom is 0.329 e. The summed E-state index contributed by atoms with van der Waals surface area (Å²) in [6.07, 6.45) is 80.2. The van der Waals surface area contributed by atoms with Crippen LogP contribution in [0.2, 0.25) is 0 Å². The molecule has 2 N–H and O–H groups in total. The van der Waals surface area contributed by atoms with Crippen molar-refractivity contribution in [2.45, 2.75) is 527 Å². The van der Waals surface area contributed by atoms with Crippen molar-refractivity contribution in [3.05, 3.63) is 67.8 Å². The maximum absolute atomic E-state index is 11.7. The van der Waals surface area contributed by atoms with E-state index in [4.69, 9.17) is 18.1 Å². The molecule has 2 aromatic carbocycles. The van der Waals surface area contributed by atoms with Crippen molar-refractivity contribution in [3.63, 3.8) is 0 Å². The van der Waals surface area contributed by atoms with Crippen molar-refractivity contribution in [2.24, 2.45) is 29.6 Å². The van der Waals surface area contributed by atoms with Crippen molar-refractivity contribution in [3.8, 4) is 0 Å². The molecular formula is C102H192O6P2. The van der Waals surface area contributed by atoms with Gasteiger partial charge in [0.05, 0.1) is 26.4 Å². The molecule has 0 amide bonds. The second-order valence-electron chi connectivity index (χ2n) is 35.4. The fourth-order valence-electron chi connectivity index (χ4n) is 18.8. The summed E-state index contributed by atoms with van der Waals surface area (Å²) in [5, 5.41) is 0. The molecule has 6 nitrogen and oxygen atoms in total. The zero-order chi connectivity index (χ0) is 80.3. The fourth-order valence-corrected chi connectivity index (χ4v) is 20.1. The van der Waals surface area contributed by atoms with E-state index in [1.165, 1.54) is 366 Å². The summed E-state index contributed by atoms with van der Waals surface area (Å²) in [5.41, 5.74) is 17.5. The minimum Gasteiger partial charge on any atom is -0.328 e. The van der Waals surface area contributed by atoms with Gasteiger partial charge in [-0.05, 0) is 251 Å². The SMILES string of the molecule is CCCCCCCCCCCCCOP(O)OCCC(C)C(CC(CCCCCCC)c1cc(CCCC)c(CCCC)c(CCCC)c1CCCC)C(CCC)C(CC(CCCCCCC)c1cc(CCCC)c(CCCC)c(CCCC)c1CCCC)C(C)CCOP(O)OCCCCCCCCCCCCC. The maximum atomic E-state index is 11.7. The van der Waals surface area contributed by atoms with Gasteiger partial charge in [-0.1, -0.05) is 373 Å². The molecular weight excluding hydrogens is 1380 g/mol. The molecule has 8 unspecified atom stereocenters. The number of aryl methyl sites for hydroxylation is 2. The van der Waals surface area contributed by atoms with Crippen LogP contribution in [0, 0.1) is 29.6 Å². The molecule has 8 atom stereocenters. The van der Waals surface area contributed by atoms with Crippen LogP contribution in [0.4, 0.5) is 0 Å². The first-order chi connectivity index (χ1) is 53.9. The van der Waals surface area contributed by atoms with E-state index in [1.54, 1.807) is 55.6 Å². The van der Waals surface area contributed by atoms with E-state index in [0.717, 1.165) is 44.9 Å². The second kappa shape index (κ2) is 73.2. The number of benzene rings is 2. The van der Waals surface area contributed by atoms with Crippen LogP contribution < -0.4 is 0 Å². The van der Waals surface area contributed by atoms with Crippen molar-refractivity contribution in [2.75, 3.05) is 26.4 Å². The molecule has 0 heterocycles. The molecule has 2 aromatic rings. The van der Waals surface area contributed by atoms with E-state index in [1.807, 2.05) is 0 Å². The first-order valence-electron chi connectivity index (χ1n) is 49.7. The summed E-state index contributed by atoms with van der Waals surface area (Å²) in [6.45, 7) is 38.8. The minimum atomic E-state index is -1.96. The van der Waals surface area contributed by atoms with Crippen LogP contribution >= 0.6 is 17.2 Å². The molecule has 110 heavy (non-hydrogen) atoms. The Labute approximate surface area is 691 Å². The third-order valence-corrected chi connectivity index (χ3v) is 27.4. The third kappa shape index (κ3) is 47.0. The van der Waals surface area contributed by atoms with Gasteiger partial charge in [-0.15, -0.1) is 0 Å². The van der Waals surface area contributed by atoms with Crippen LogP contribution in [-0.4, -0.2) is 36.2 Å². The van der Waals surface area contributed by atoms with Gasteiger partial charge in [0.1, 0.15) is 0 Å². The van der Waals surface area contributed by atoms with Crippen LogP contribution in [0.25, 0.3) is 0 Å². The van der Waals surface area contributed by atoms with E-state index in [9.17, 15) is 9.79 Å². The highest BCUT2D eigenvalue weighted by Crippen LogP contribution is 2.51. The first kappa shape index (κ1) is 105. The Balaban J connectivity index is 3.19. The van der Waals surface area contributed by atoms with Crippen molar-refractivity contribution < 1.29 is 27.9 Å². The predicted molar refractivity (Wildman–Crippen MR) is 491 cm³/mol. The van der Waals surface area contributed by atoms with Gasteiger partial charge in [0.25, 0.3) is 0 Å². The van der Waals surface area contributed by atoms with Gasteiger partial charge in [0.15, 0.2) is 0 Å². The Kier molecular flexibility index (Phi) is 70.0. The highest BCUT2D eigenvalue weighted by molar-refractivity contribution is 7.40. The summed E-state index contributed by atoms with van der Waals surface area (Å²) < 4.78 is 25.6. The molecule has 0 aliphatic carbocycles. The van der Waals surface area contributed by atoms with Crippen LogP contribution in [-0.2, 0) is 69.5 Å². The predicted octanol–water partition coefficient (Wildman–Crippen LogP) is 34.6. The lowest BCUT2D eigenvalue weighted by atomic mass is 9.62. The van der Waals surface area contributed by atoms with Crippen LogP contribution in [0.3, 0.4) is 0 Å². The highest BCUT2D eigenvalue weighted by Gasteiger charge is 2.40. The van der Waals surface area contributed by atoms with E-state index >= 15 is 0 Å². The molecule has 0 aliphatic heterocycles. The summed E-state index contributed by atoms with van der Waals surface area (Å²) in [6, 6.07) is 5.80. The van der Waals surface area contributed by atoms with E-state index < -0.39 is 17.2 Å². The standard InChI is InChI=1S/C102H192O6P2/c1-16-29-41-45-47-49-51-53-55-59-63-78-105-109(103)107-80-76-86(14)99(82-90(68-61-57-43-31-18-3)101-84-88(66-33-20-5)92(70-35-22-7)95(72-37-24-9)97(101)74-39-26-11)94(65-28-13)100(87(15)77-81-108-110(104)106-79-64-60-56-54-52-50-48-46-42-30-17-2)83-91(69-62-58-44-32-19-4)102-85-89(67-34-21-6)93(71-36-23-8)96(73-38-25-10)98(102)75-40-27-12/h84-87,90-91,94,99-100,103-104H,16-83H2,1-15H3. The number of unbranched alkanes of at least 4 members (excludes halogenated alkanes) is 36. The molecule has 0 radical (unpaired) electrons. The van der Waals surface area contributed by atoms with Crippen molar-refractivity contribution in [1.29, 1.82) is 0 Å². The van der Waals surface area contributed by atoms with Gasteiger partial charge in [0.2, 0.25) is 0 Å². The Morgan fingerprint density at radius 2 is 0.482 bits per heavy atom. The van der Waals surface area contributed by atoms with Gasteiger partial charge in [-0.3, -0.25) is 0 Å². The van der Waals surface area contributed by atoms with Crippen LogP contribution in [0.5, 0.6) is 0 Å². The quantitative estimate of drug-likeness (QED) is 0.0508. The minimum absolute atomic E-state index is 0.359. The van der Waals surface area contributed by atoms with Crippen LogP contribution in [0.1, 0.15) is 531 Å². The van der Waals surface area contributed by atoms with Gasteiger partial charge < -0.3 is 27.9 Å². The number of hydrogen-bond donors (Lipinski definition) is 2. The lowest BCUT2D eigenvalue weighted by Crippen LogP contribution is -2.35. The Bertz CT molecular complexity index is 2200. The van der Waals surface area contributed by atoms with Gasteiger partial charge >= 0.3 is 17.2 Å². The lowest BCUT2D eigenvalue weighted by Gasteiger charge is -2.44. The highest BCUT2D eigenvalue weighted by atomic mass is 31.2. The molecule has 0 aromatic heterocycles. The third-order valence-electron chi connectivity index (χ3n) is 25.8. The first-order valence-corrected chi connectivity index (χ1v) is 52.0. The van der Waals surface area contributed by atoms with Gasteiger partial charge in [-0.25, -0.2) is 0 Å². The normalized spacial score (nSPS) is 14.5. The van der Waals surface area contributed by atoms with E-state index in [0.29, 0.717) is 67.9 Å². The Hall–Kier alpha value is -0.940. The molecule has 0 spiro atoms. The summed E-state index contributed by atoms with van der Waals surface area (Å²) in [4.78, 5) is 23.3. The molecule has 646 valence electrons. The van der Waals surface area contributed by atoms with E-state index in [-0.39, 0.29) is 0 Å². The summed E-state index contributed by atoms with van der Waals surface area (Å²) in [7, 11) is -3.92.